The smallest absolute Gasteiger partial charge is 0.311 e. The average Bonchev–Trinajstić information content (AvgIpc) is 2.87. The van der Waals surface area contributed by atoms with Gasteiger partial charge >= 0.3 is 5.69 Å². The molecule has 0 saturated heterocycles. The fourth-order valence-electron chi connectivity index (χ4n) is 1.14. The first-order valence-corrected chi connectivity index (χ1v) is 4.37. The number of anilines is 1. The molecule has 5 nitrogen and oxygen atoms in total. The second kappa shape index (κ2) is 3.17. The molecule has 0 aromatic heterocycles. The maximum atomic E-state index is 10.6. The molecular weight excluding hydrogens is 184 g/mol. The maximum absolute atomic E-state index is 10.6. The van der Waals surface area contributed by atoms with Crippen LogP contribution in [0.5, 0.6) is 5.75 Å². The summed E-state index contributed by atoms with van der Waals surface area (Å²) in [7, 11) is 0. The Hall–Kier alpha value is -1.78. The normalized spacial score (nSPS) is 15.1. The Morgan fingerprint density at radius 3 is 2.79 bits per heavy atom. The van der Waals surface area contributed by atoms with E-state index in [1.807, 2.05) is 0 Å². The van der Waals surface area contributed by atoms with Gasteiger partial charge in [-0.05, 0) is 18.9 Å². The number of nitrogens with zero attached hydrogens (tertiary/aromatic N) is 1. The molecule has 1 fully saturated rings. The van der Waals surface area contributed by atoms with E-state index in [1.54, 1.807) is 0 Å². The van der Waals surface area contributed by atoms with Gasteiger partial charge in [0.1, 0.15) is 0 Å². The van der Waals surface area contributed by atoms with Crippen LogP contribution < -0.4 is 10.5 Å². The van der Waals surface area contributed by atoms with Crippen molar-refractivity contribution in [2.24, 2.45) is 0 Å². The van der Waals surface area contributed by atoms with Crippen LogP contribution in [0.4, 0.5) is 11.4 Å². The quantitative estimate of drug-likeness (QED) is 0.451. The highest BCUT2D eigenvalue weighted by molar-refractivity contribution is 5.55. The standard InChI is InChI=1S/C9H10N2O3/c10-6-1-4-8(11(12)13)9(5-6)14-7-2-3-7/h1,4-5,7H,2-3,10H2. The van der Waals surface area contributed by atoms with Crippen LogP contribution in [0.25, 0.3) is 0 Å². The number of nitro groups is 1. The van der Waals surface area contributed by atoms with Crippen molar-refractivity contribution in [3.8, 4) is 5.75 Å². The number of hydrogen-bond donors (Lipinski definition) is 1. The summed E-state index contributed by atoms with van der Waals surface area (Å²) in [6.07, 6.45) is 2.06. The van der Waals surface area contributed by atoms with Crippen LogP contribution in [0, 0.1) is 10.1 Å². The monoisotopic (exact) mass is 194 g/mol. The Balaban J connectivity index is 2.31. The number of rotatable bonds is 3. The van der Waals surface area contributed by atoms with Crippen LogP contribution in [-0.2, 0) is 0 Å². The molecule has 0 heterocycles. The lowest BCUT2D eigenvalue weighted by molar-refractivity contribution is -0.385. The van der Waals surface area contributed by atoms with Crippen LogP contribution in [0.15, 0.2) is 18.2 Å². The van der Waals surface area contributed by atoms with Crippen LogP contribution in [0.1, 0.15) is 12.8 Å². The van der Waals surface area contributed by atoms with Gasteiger partial charge in [-0.1, -0.05) is 0 Å². The second-order valence-corrected chi connectivity index (χ2v) is 3.30. The third-order valence-electron chi connectivity index (χ3n) is 2.00. The summed E-state index contributed by atoms with van der Waals surface area (Å²) >= 11 is 0. The third-order valence-corrected chi connectivity index (χ3v) is 2.00. The van der Waals surface area contributed by atoms with Gasteiger partial charge < -0.3 is 10.5 Å². The summed E-state index contributed by atoms with van der Waals surface area (Å²) in [5, 5.41) is 10.6. The molecule has 0 amide bonds. The lowest BCUT2D eigenvalue weighted by atomic mass is 10.2. The van der Waals surface area contributed by atoms with E-state index in [9.17, 15) is 10.1 Å². The summed E-state index contributed by atoms with van der Waals surface area (Å²) in [4.78, 5) is 10.2. The molecule has 5 heteroatoms. The number of ether oxygens (including phenoxy) is 1. The molecular formula is C9H10N2O3. The van der Waals surface area contributed by atoms with Gasteiger partial charge in [-0.15, -0.1) is 0 Å². The summed E-state index contributed by atoms with van der Waals surface area (Å²) in [5.41, 5.74) is 5.98. The SMILES string of the molecule is Nc1ccc([N+](=O)[O-])c(OC2CC2)c1. The zero-order chi connectivity index (χ0) is 10.1. The van der Waals surface area contributed by atoms with E-state index >= 15 is 0 Å². The van der Waals surface area contributed by atoms with Crippen molar-refractivity contribution in [2.45, 2.75) is 18.9 Å². The largest absolute Gasteiger partial charge is 0.483 e. The van der Waals surface area contributed by atoms with Crippen molar-refractivity contribution in [1.82, 2.24) is 0 Å². The molecule has 0 unspecified atom stereocenters. The first kappa shape index (κ1) is 8.80. The van der Waals surface area contributed by atoms with E-state index in [0.717, 1.165) is 12.8 Å². The Morgan fingerprint density at radius 1 is 1.50 bits per heavy atom. The second-order valence-electron chi connectivity index (χ2n) is 3.30. The molecule has 1 aromatic carbocycles. The van der Waals surface area contributed by atoms with Crippen molar-refractivity contribution < 1.29 is 9.66 Å². The molecule has 1 aromatic rings. The maximum Gasteiger partial charge on any atom is 0.311 e. The van der Waals surface area contributed by atoms with Gasteiger partial charge in [0.05, 0.1) is 11.0 Å². The zero-order valence-corrected chi connectivity index (χ0v) is 7.47. The summed E-state index contributed by atoms with van der Waals surface area (Å²) in [6, 6.07) is 4.36. The number of nitrogen functional groups attached to an aromatic ring is 1. The molecule has 74 valence electrons. The number of nitro benzene ring substituents is 1. The minimum Gasteiger partial charge on any atom is -0.483 e. The van der Waals surface area contributed by atoms with E-state index in [1.165, 1.54) is 18.2 Å². The predicted octanol–water partition coefficient (Wildman–Crippen LogP) is 1.72. The number of nitrogens with two attached hydrogens (primary N) is 1. The molecule has 1 saturated carbocycles. The minimum atomic E-state index is -0.461. The van der Waals surface area contributed by atoms with E-state index in [4.69, 9.17) is 10.5 Å². The number of hydrogen-bond acceptors (Lipinski definition) is 4. The molecule has 2 rings (SSSR count). The Labute approximate surface area is 80.6 Å². The Bertz CT molecular complexity index is 374. The fourth-order valence-corrected chi connectivity index (χ4v) is 1.14. The van der Waals surface area contributed by atoms with Gasteiger partial charge in [-0.25, -0.2) is 0 Å². The van der Waals surface area contributed by atoms with E-state index < -0.39 is 4.92 Å². The molecule has 0 bridgehead atoms. The van der Waals surface area contributed by atoms with Crippen LogP contribution in [0.2, 0.25) is 0 Å². The highest BCUT2D eigenvalue weighted by Gasteiger charge is 2.27. The summed E-state index contributed by atoms with van der Waals surface area (Å²) in [6.45, 7) is 0. The summed E-state index contributed by atoms with van der Waals surface area (Å²) < 4.78 is 5.38. The van der Waals surface area contributed by atoms with E-state index in [-0.39, 0.29) is 17.5 Å². The highest BCUT2D eigenvalue weighted by Crippen LogP contribution is 2.34. The van der Waals surface area contributed by atoms with Gasteiger partial charge in [-0.2, -0.15) is 0 Å². The average molecular weight is 194 g/mol. The summed E-state index contributed by atoms with van der Waals surface area (Å²) in [5.74, 6) is 0.275. The van der Waals surface area contributed by atoms with Crippen LogP contribution in [0.3, 0.4) is 0 Å². The fraction of sp³-hybridized carbons (Fsp3) is 0.333. The van der Waals surface area contributed by atoms with Crippen molar-refractivity contribution in [1.29, 1.82) is 0 Å². The molecule has 1 aliphatic carbocycles. The first-order chi connectivity index (χ1) is 6.66. The Morgan fingerprint density at radius 2 is 2.21 bits per heavy atom. The third kappa shape index (κ3) is 1.76. The van der Waals surface area contributed by atoms with Gasteiger partial charge in [0.2, 0.25) is 0 Å². The first-order valence-electron chi connectivity index (χ1n) is 4.37. The minimum absolute atomic E-state index is 0.0221. The lowest BCUT2D eigenvalue weighted by Crippen LogP contribution is -2.00. The molecule has 14 heavy (non-hydrogen) atoms. The van der Waals surface area contributed by atoms with Crippen molar-refractivity contribution in [2.75, 3.05) is 5.73 Å². The van der Waals surface area contributed by atoms with Crippen molar-refractivity contribution >= 4 is 11.4 Å². The molecule has 1 aliphatic rings. The van der Waals surface area contributed by atoms with Gasteiger partial charge in [0.15, 0.2) is 5.75 Å². The van der Waals surface area contributed by atoms with Crippen molar-refractivity contribution in [3.05, 3.63) is 28.3 Å². The zero-order valence-electron chi connectivity index (χ0n) is 7.47. The molecule has 0 aliphatic heterocycles. The van der Waals surface area contributed by atoms with Crippen molar-refractivity contribution in [3.63, 3.8) is 0 Å². The molecule has 2 N–H and O–H groups in total. The lowest BCUT2D eigenvalue weighted by Gasteiger charge is -2.05. The molecule has 0 radical (unpaired) electrons. The predicted molar refractivity (Wildman–Crippen MR) is 51.2 cm³/mol. The van der Waals surface area contributed by atoms with Gasteiger partial charge in [-0.3, -0.25) is 10.1 Å². The molecule has 0 atom stereocenters. The van der Waals surface area contributed by atoms with Gasteiger partial charge in [0, 0.05) is 17.8 Å². The van der Waals surface area contributed by atoms with Gasteiger partial charge in [0.25, 0.3) is 0 Å². The van der Waals surface area contributed by atoms with E-state index in [2.05, 4.69) is 0 Å². The topological polar surface area (TPSA) is 78.4 Å². The van der Waals surface area contributed by atoms with Crippen LogP contribution in [-0.4, -0.2) is 11.0 Å². The number of benzene rings is 1. The highest BCUT2D eigenvalue weighted by atomic mass is 16.6. The molecule has 0 spiro atoms. The van der Waals surface area contributed by atoms with E-state index in [0.29, 0.717) is 5.69 Å². The van der Waals surface area contributed by atoms with Crippen LogP contribution >= 0.6 is 0 Å². The Kier molecular flexibility index (Phi) is 1.99.